The topological polar surface area (TPSA) is 49.8 Å². The van der Waals surface area contributed by atoms with Gasteiger partial charge in [0.2, 0.25) is 0 Å². The lowest BCUT2D eigenvalue weighted by atomic mass is 10.2. The summed E-state index contributed by atoms with van der Waals surface area (Å²) in [7, 11) is 0. The Morgan fingerprint density at radius 3 is 2.82 bits per heavy atom. The van der Waals surface area contributed by atoms with Gasteiger partial charge in [-0.1, -0.05) is 25.1 Å². The third-order valence-electron chi connectivity index (χ3n) is 3.73. The van der Waals surface area contributed by atoms with Crippen molar-refractivity contribution in [3.05, 3.63) is 35.6 Å². The molecule has 1 N–H and O–H groups in total. The maximum atomic E-state index is 13.8. The number of carbonyl (C=O) groups is 1. The monoisotopic (exact) mass is 309 g/mol. The number of benzene rings is 1. The SMILES string of the molecule is CCCC(=O)OCC(O)CN(Cc1ccccc1F)C1CC1. The molecular formula is C17H24FNO3. The molecule has 1 fully saturated rings. The number of carbonyl (C=O) groups excluding carboxylic acids is 1. The molecule has 4 nitrogen and oxygen atoms in total. The number of hydrogen-bond acceptors (Lipinski definition) is 4. The van der Waals surface area contributed by atoms with Gasteiger partial charge in [-0.05, 0) is 25.3 Å². The molecule has 0 aromatic heterocycles. The van der Waals surface area contributed by atoms with E-state index in [0.717, 1.165) is 19.3 Å². The highest BCUT2D eigenvalue weighted by Crippen LogP contribution is 2.28. The molecule has 0 bridgehead atoms. The summed E-state index contributed by atoms with van der Waals surface area (Å²) >= 11 is 0. The van der Waals surface area contributed by atoms with Gasteiger partial charge >= 0.3 is 5.97 Å². The fourth-order valence-electron chi connectivity index (χ4n) is 2.42. The molecule has 0 aliphatic heterocycles. The number of hydrogen-bond donors (Lipinski definition) is 1. The molecular weight excluding hydrogens is 285 g/mol. The summed E-state index contributed by atoms with van der Waals surface area (Å²) in [4.78, 5) is 13.4. The highest BCUT2D eigenvalue weighted by atomic mass is 19.1. The van der Waals surface area contributed by atoms with Crippen LogP contribution in [-0.2, 0) is 16.1 Å². The van der Waals surface area contributed by atoms with E-state index in [1.807, 2.05) is 13.0 Å². The molecule has 1 atom stereocenters. The van der Waals surface area contributed by atoms with E-state index in [2.05, 4.69) is 4.90 Å². The van der Waals surface area contributed by atoms with Crippen LogP contribution in [0.3, 0.4) is 0 Å². The molecule has 0 saturated heterocycles. The number of ether oxygens (including phenoxy) is 1. The van der Waals surface area contributed by atoms with Crippen molar-refractivity contribution in [2.45, 2.75) is 51.3 Å². The molecule has 1 aromatic carbocycles. The molecule has 0 heterocycles. The zero-order valence-corrected chi connectivity index (χ0v) is 13.0. The number of aliphatic hydroxyl groups is 1. The van der Waals surface area contributed by atoms with Gasteiger partial charge in [0.05, 0.1) is 0 Å². The fourth-order valence-corrected chi connectivity index (χ4v) is 2.42. The lowest BCUT2D eigenvalue weighted by molar-refractivity contribution is -0.147. The lowest BCUT2D eigenvalue weighted by Crippen LogP contribution is -2.36. The molecule has 1 aromatic rings. The van der Waals surface area contributed by atoms with Crippen LogP contribution >= 0.6 is 0 Å². The van der Waals surface area contributed by atoms with Crippen molar-refractivity contribution in [2.75, 3.05) is 13.2 Å². The van der Waals surface area contributed by atoms with E-state index in [1.165, 1.54) is 6.07 Å². The summed E-state index contributed by atoms with van der Waals surface area (Å²) in [5, 5.41) is 10.0. The standard InChI is InChI=1S/C17H24FNO3/c1-2-5-17(21)22-12-15(20)11-19(14-8-9-14)10-13-6-3-4-7-16(13)18/h3-4,6-7,14-15,20H,2,5,8-12H2,1H3. The molecule has 1 aliphatic rings. The molecule has 5 heteroatoms. The van der Waals surface area contributed by atoms with Crippen LogP contribution in [-0.4, -0.2) is 41.3 Å². The van der Waals surface area contributed by atoms with Gasteiger partial charge in [0.15, 0.2) is 0 Å². The molecule has 1 aliphatic carbocycles. The predicted octanol–water partition coefficient (Wildman–Crippen LogP) is 2.49. The zero-order valence-electron chi connectivity index (χ0n) is 13.0. The minimum atomic E-state index is -0.742. The second kappa shape index (κ2) is 8.25. The van der Waals surface area contributed by atoms with Crippen LogP contribution in [0, 0.1) is 5.82 Å². The summed E-state index contributed by atoms with van der Waals surface area (Å²) in [6.07, 6.45) is 2.49. The van der Waals surface area contributed by atoms with Crippen LogP contribution in [0.5, 0.6) is 0 Å². The molecule has 0 amide bonds. The Balaban J connectivity index is 1.84. The number of nitrogens with zero attached hydrogens (tertiary/aromatic N) is 1. The second-order valence-electron chi connectivity index (χ2n) is 5.84. The van der Waals surface area contributed by atoms with Gasteiger partial charge in [-0.2, -0.15) is 0 Å². The van der Waals surface area contributed by atoms with Gasteiger partial charge in [0.25, 0.3) is 0 Å². The van der Waals surface area contributed by atoms with Crippen LogP contribution in [0.2, 0.25) is 0 Å². The van der Waals surface area contributed by atoms with E-state index >= 15 is 0 Å². The number of rotatable bonds is 9. The summed E-state index contributed by atoms with van der Waals surface area (Å²) < 4.78 is 18.8. The fraction of sp³-hybridized carbons (Fsp3) is 0.588. The molecule has 22 heavy (non-hydrogen) atoms. The summed E-state index contributed by atoms with van der Waals surface area (Å²) in [5.41, 5.74) is 0.629. The Hall–Kier alpha value is -1.46. The Kier molecular flexibility index (Phi) is 6.34. The highest BCUT2D eigenvalue weighted by molar-refractivity contribution is 5.69. The van der Waals surface area contributed by atoms with E-state index in [4.69, 9.17) is 4.74 Å². The first-order valence-corrected chi connectivity index (χ1v) is 7.91. The van der Waals surface area contributed by atoms with Crippen molar-refractivity contribution < 1.29 is 19.0 Å². The van der Waals surface area contributed by atoms with Crippen LogP contribution in [0.15, 0.2) is 24.3 Å². The molecule has 0 radical (unpaired) electrons. The van der Waals surface area contributed by atoms with Gasteiger partial charge in [-0.3, -0.25) is 9.69 Å². The van der Waals surface area contributed by atoms with Crippen molar-refractivity contribution in [2.24, 2.45) is 0 Å². The second-order valence-corrected chi connectivity index (χ2v) is 5.84. The van der Waals surface area contributed by atoms with Gasteiger partial charge < -0.3 is 9.84 Å². The van der Waals surface area contributed by atoms with E-state index in [-0.39, 0.29) is 18.4 Å². The normalized spacial score (nSPS) is 15.8. The average Bonchev–Trinajstić information content (AvgIpc) is 3.32. The summed E-state index contributed by atoms with van der Waals surface area (Å²) in [6.45, 7) is 2.76. The first-order chi connectivity index (χ1) is 10.6. The van der Waals surface area contributed by atoms with Crippen molar-refractivity contribution in [3.63, 3.8) is 0 Å². The Bertz CT molecular complexity index is 491. The predicted molar refractivity (Wildman–Crippen MR) is 81.7 cm³/mol. The molecule has 2 rings (SSSR count). The van der Waals surface area contributed by atoms with Crippen molar-refractivity contribution >= 4 is 5.97 Å². The first-order valence-electron chi connectivity index (χ1n) is 7.91. The Morgan fingerprint density at radius 1 is 1.45 bits per heavy atom. The van der Waals surface area contributed by atoms with E-state index in [9.17, 15) is 14.3 Å². The van der Waals surface area contributed by atoms with Gasteiger partial charge in [-0.25, -0.2) is 4.39 Å². The smallest absolute Gasteiger partial charge is 0.305 e. The van der Waals surface area contributed by atoms with Crippen molar-refractivity contribution in [1.29, 1.82) is 0 Å². The third-order valence-corrected chi connectivity index (χ3v) is 3.73. The largest absolute Gasteiger partial charge is 0.463 e. The van der Waals surface area contributed by atoms with Gasteiger partial charge in [0, 0.05) is 31.1 Å². The molecule has 122 valence electrons. The van der Waals surface area contributed by atoms with E-state index < -0.39 is 6.10 Å². The van der Waals surface area contributed by atoms with Gasteiger partial charge in [0.1, 0.15) is 18.5 Å². The summed E-state index contributed by atoms with van der Waals surface area (Å²) in [6, 6.07) is 7.08. The molecule has 0 spiro atoms. The maximum absolute atomic E-state index is 13.8. The number of aliphatic hydroxyl groups excluding tert-OH is 1. The third kappa shape index (κ3) is 5.39. The number of halogens is 1. The molecule has 1 saturated carbocycles. The summed E-state index contributed by atoms with van der Waals surface area (Å²) in [5.74, 6) is -0.509. The average molecular weight is 309 g/mol. The first kappa shape index (κ1) is 16.9. The van der Waals surface area contributed by atoms with Crippen molar-refractivity contribution in [1.82, 2.24) is 4.90 Å². The van der Waals surface area contributed by atoms with E-state index in [1.54, 1.807) is 12.1 Å². The number of esters is 1. The maximum Gasteiger partial charge on any atom is 0.305 e. The van der Waals surface area contributed by atoms with Crippen molar-refractivity contribution in [3.8, 4) is 0 Å². The van der Waals surface area contributed by atoms with Crippen LogP contribution in [0.25, 0.3) is 0 Å². The highest BCUT2D eigenvalue weighted by Gasteiger charge is 2.30. The van der Waals surface area contributed by atoms with Gasteiger partial charge in [-0.15, -0.1) is 0 Å². The van der Waals surface area contributed by atoms with Crippen LogP contribution < -0.4 is 0 Å². The lowest BCUT2D eigenvalue weighted by Gasteiger charge is -2.25. The van der Waals surface area contributed by atoms with Crippen LogP contribution in [0.4, 0.5) is 4.39 Å². The molecule has 1 unspecified atom stereocenters. The van der Waals surface area contributed by atoms with E-state index in [0.29, 0.717) is 31.1 Å². The Labute approximate surface area is 130 Å². The zero-order chi connectivity index (χ0) is 15.9. The minimum absolute atomic E-state index is 0.000669. The quantitative estimate of drug-likeness (QED) is 0.712. The minimum Gasteiger partial charge on any atom is -0.463 e. The van der Waals surface area contributed by atoms with Crippen LogP contribution in [0.1, 0.15) is 38.2 Å². The Morgan fingerprint density at radius 2 is 2.18 bits per heavy atom.